The third kappa shape index (κ3) is 6.44. The lowest BCUT2D eigenvalue weighted by atomic mass is 10.1. The zero-order valence-corrected chi connectivity index (χ0v) is 20.2. The zero-order chi connectivity index (χ0) is 25.5. The number of carbonyl (C=O) groups is 2. The number of nitrogens with one attached hydrogen (secondary N) is 2. The van der Waals surface area contributed by atoms with Crippen LogP contribution in [0.5, 0.6) is 0 Å². The molecule has 2 aromatic heterocycles. The molecule has 2 aromatic carbocycles. The number of aromatic nitrogens is 2. The number of amides is 2. The van der Waals surface area contributed by atoms with E-state index >= 15 is 0 Å². The number of nitrogens with zero attached hydrogens (tertiary/aromatic N) is 3. The molecule has 36 heavy (non-hydrogen) atoms. The van der Waals surface area contributed by atoms with E-state index in [2.05, 4.69) is 20.6 Å². The van der Waals surface area contributed by atoms with Crippen molar-refractivity contribution in [3.8, 4) is 11.1 Å². The quantitative estimate of drug-likeness (QED) is 0.314. The molecular formula is C28H28N6O2. The summed E-state index contributed by atoms with van der Waals surface area (Å²) in [5, 5.41) is 6.09. The lowest BCUT2D eigenvalue weighted by molar-refractivity contribution is -0.116. The molecule has 0 saturated carbocycles. The monoisotopic (exact) mass is 480 g/mol. The van der Waals surface area contributed by atoms with E-state index in [1.807, 2.05) is 66.7 Å². The highest BCUT2D eigenvalue weighted by molar-refractivity contribution is 5.94. The van der Waals surface area contributed by atoms with E-state index in [1.54, 1.807) is 37.6 Å². The SMILES string of the molecule is CN(C)C(=O)c1ccc(-c2ccc(Nc3cncc(NC(=O)CCc4cccc(N)c4)c3)nc2)cc1. The number of anilines is 4. The maximum absolute atomic E-state index is 12.4. The second kappa shape index (κ2) is 11.1. The van der Waals surface area contributed by atoms with Gasteiger partial charge in [0, 0.05) is 43.5 Å². The highest BCUT2D eigenvalue weighted by atomic mass is 16.2. The van der Waals surface area contributed by atoms with Gasteiger partial charge in [0.1, 0.15) is 5.82 Å². The molecule has 0 spiro atoms. The van der Waals surface area contributed by atoms with Gasteiger partial charge >= 0.3 is 0 Å². The van der Waals surface area contributed by atoms with Crippen molar-refractivity contribution in [2.24, 2.45) is 0 Å². The summed E-state index contributed by atoms with van der Waals surface area (Å²) < 4.78 is 0. The molecular weight excluding hydrogens is 452 g/mol. The van der Waals surface area contributed by atoms with Crippen molar-refractivity contribution in [1.29, 1.82) is 0 Å². The summed E-state index contributed by atoms with van der Waals surface area (Å²) in [5.41, 5.74) is 11.3. The molecule has 4 aromatic rings. The van der Waals surface area contributed by atoms with Gasteiger partial charge in [0.25, 0.3) is 5.91 Å². The molecule has 8 heteroatoms. The Bertz CT molecular complexity index is 1350. The predicted octanol–water partition coefficient (Wildman–Crippen LogP) is 4.74. The van der Waals surface area contributed by atoms with Crippen LogP contribution in [0.15, 0.2) is 85.3 Å². The number of carbonyl (C=O) groups excluding carboxylic acids is 2. The first-order chi connectivity index (χ1) is 17.4. The van der Waals surface area contributed by atoms with Gasteiger partial charge in [-0.15, -0.1) is 0 Å². The van der Waals surface area contributed by atoms with Crippen LogP contribution < -0.4 is 16.4 Å². The van der Waals surface area contributed by atoms with Crippen molar-refractivity contribution in [2.75, 3.05) is 30.5 Å². The Morgan fingerprint density at radius 1 is 0.889 bits per heavy atom. The molecule has 0 radical (unpaired) electrons. The topological polar surface area (TPSA) is 113 Å². The van der Waals surface area contributed by atoms with Gasteiger partial charge in [-0.25, -0.2) is 4.98 Å². The molecule has 0 atom stereocenters. The van der Waals surface area contributed by atoms with Gasteiger partial charge in [-0.3, -0.25) is 14.6 Å². The predicted molar refractivity (Wildman–Crippen MR) is 143 cm³/mol. The Labute approximate surface area is 210 Å². The smallest absolute Gasteiger partial charge is 0.253 e. The van der Waals surface area contributed by atoms with Crippen LogP contribution >= 0.6 is 0 Å². The van der Waals surface area contributed by atoms with Crippen molar-refractivity contribution in [3.05, 3.63) is 96.4 Å². The van der Waals surface area contributed by atoms with Crippen LogP contribution in [0.4, 0.5) is 22.9 Å². The van der Waals surface area contributed by atoms with Crippen LogP contribution in [-0.2, 0) is 11.2 Å². The average molecular weight is 481 g/mol. The minimum absolute atomic E-state index is 0.0346. The van der Waals surface area contributed by atoms with Gasteiger partial charge in [0.15, 0.2) is 0 Å². The lowest BCUT2D eigenvalue weighted by Gasteiger charge is -2.11. The number of pyridine rings is 2. The molecule has 0 aliphatic rings. The van der Waals surface area contributed by atoms with Crippen molar-refractivity contribution in [1.82, 2.24) is 14.9 Å². The van der Waals surface area contributed by atoms with Crippen molar-refractivity contribution < 1.29 is 9.59 Å². The van der Waals surface area contributed by atoms with Crippen LogP contribution in [0.1, 0.15) is 22.3 Å². The van der Waals surface area contributed by atoms with E-state index in [9.17, 15) is 9.59 Å². The first-order valence-corrected chi connectivity index (χ1v) is 11.5. The molecule has 0 unspecified atom stereocenters. The minimum Gasteiger partial charge on any atom is -0.399 e. The van der Waals surface area contributed by atoms with E-state index in [0.717, 1.165) is 16.7 Å². The molecule has 8 nitrogen and oxygen atoms in total. The molecule has 0 bridgehead atoms. The van der Waals surface area contributed by atoms with E-state index in [-0.39, 0.29) is 11.8 Å². The Hall–Kier alpha value is -4.72. The number of rotatable bonds is 8. The number of aryl methyl sites for hydroxylation is 1. The third-order valence-corrected chi connectivity index (χ3v) is 5.52. The molecule has 0 aliphatic carbocycles. The maximum atomic E-state index is 12.4. The van der Waals surface area contributed by atoms with E-state index in [1.165, 1.54) is 0 Å². The molecule has 0 aliphatic heterocycles. The summed E-state index contributed by atoms with van der Waals surface area (Å²) in [7, 11) is 3.46. The summed E-state index contributed by atoms with van der Waals surface area (Å²) in [6, 6.07) is 20.6. The Balaban J connectivity index is 1.35. The van der Waals surface area contributed by atoms with Gasteiger partial charge in [-0.2, -0.15) is 0 Å². The summed E-state index contributed by atoms with van der Waals surface area (Å²) in [4.78, 5) is 34.7. The summed E-state index contributed by atoms with van der Waals surface area (Å²) in [6.07, 6.45) is 5.98. The highest BCUT2D eigenvalue weighted by Gasteiger charge is 2.09. The number of hydrogen-bond acceptors (Lipinski definition) is 6. The number of nitrogens with two attached hydrogens (primary N) is 1. The van der Waals surface area contributed by atoms with Crippen LogP contribution in [0.25, 0.3) is 11.1 Å². The Morgan fingerprint density at radius 2 is 1.64 bits per heavy atom. The average Bonchev–Trinajstić information content (AvgIpc) is 2.88. The Morgan fingerprint density at radius 3 is 2.33 bits per heavy atom. The molecule has 2 heterocycles. The standard InChI is InChI=1S/C28H28N6O2/c1-34(2)28(36)21-9-7-20(8-10-21)22-11-12-26(31-16-22)32-24-15-25(18-30-17-24)33-27(35)13-6-19-4-3-5-23(29)14-19/h3-5,7-12,14-18H,6,13,29H2,1-2H3,(H,31,32)(H,33,35). The third-order valence-electron chi connectivity index (χ3n) is 5.52. The van der Waals surface area contributed by atoms with E-state index < -0.39 is 0 Å². The van der Waals surface area contributed by atoms with Gasteiger partial charge in [-0.05, 0) is 60.0 Å². The largest absolute Gasteiger partial charge is 0.399 e. The van der Waals surface area contributed by atoms with Crippen LogP contribution in [-0.4, -0.2) is 40.8 Å². The maximum Gasteiger partial charge on any atom is 0.253 e. The fraction of sp³-hybridized carbons (Fsp3) is 0.143. The highest BCUT2D eigenvalue weighted by Crippen LogP contribution is 2.23. The summed E-state index contributed by atoms with van der Waals surface area (Å²) in [5.74, 6) is 0.509. The molecule has 4 N–H and O–H groups in total. The zero-order valence-electron chi connectivity index (χ0n) is 20.2. The van der Waals surface area contributed by atoms with Gasteiger partial charge in [0.05, 0.1) is 23.8 Å². The first kappa shape index (κ1) is 24.4. The fourth-order valence-electron chi connectivity index (χ4n) is 3.66. The van der Waals surface area contributed by atoms with Crippen LogP contribution in [0.3, 0.4) is 0 Å². The normalized spacial score (nSPS) is 10.5. The first-order valence-electron chi connectivity index (χ1n) is 11.5. The number of benzene rings is 2. The molecule has 0 saturated heterocycles. The van der Waals surface area contributed by atoms with Gasteiger partial charge < -0.3 is 21.3 Å². The van der Waals surface area contributed by atoms with Crippen LogP contribution in [0, 0.1) is 0 Å². The van der Waals surface area contributed by atoms with E-state index in [4.69, 9.17) is 5.73 Å². The summed E-state index contributed by atoms with van der Waals surface area (Å²) >= 11 is 0. The van der Waals surface area contributed by atoms with Crippen LogP contribution in [0.2, 0.25) is 0 Å². The lowest BCUT2D eigenvalue weighted by Crippen LogP contribution is -2.21. The minimum atomic E-state index is -0.0999. The van der Waals surface area contributed by atoms with Gasteiger partial charge in [0.2, 0.25) is 5.91 Å². The molecule has 0 fully saturated rings. The Kier molecular flexibility index (Phi) is 7.55. The second-order valence-corrected chi connectivity index (χ2v) is 8.59. The molecule has 182 valence electrons. The second-order valence-electron chi connectivity index (χ2n) is 8.59. The fourth-order valence-corrected chi connectivity index (χ4v) is 3.66. The van der Waals surface area contributed by atoms with Crippen molar-refractivity contribution in [2.45, 2.75) is 12.8 Å². The van der Waals surface area contributed by atoms with Crippen molar-refractivity contribution >= 4 is 34.7 Å². The summed E-state index contributed by atoms with van der Waals surface area (Å²) in [6.45, 7) is 0. The van der Waals surface area contributed by atoms with Crippen molar-refractivity contribution in [3.63, 3.8) is 0 Å². The molecule has 2 amide bonds. The van der Waals surface area contributed by atoms with E-state index in [0.29, 0.717) is 41.3 Å². The van der Waals surface area contributed by atoms with Gasteiger partial charge in [-0.1, -0.05) is 24.3 Å². The molecule has 4 rings (SSSR count). The number of nitrogen functional groups attached to an aromatic ring is 1. The number of hydrogen-bond donors (Lipinski definition) is 3.